The first kappa shape index (κ1) is 23.1. The molecule has 0 aromatic heterocycles. The molecular formula is C22H21ClN2O7. The van der Waals surface area contributed by atoms with Crippen LogP contribution in [0.3, 0.4) is 0 Å². The predicted molar refractivity (Wildman–Crippen MR) is 114 cm³/mol. The molecular weight excluding hydrogens is 440 g/mol. The van der Waals surface area contributed by atoms with E-state index in [2.05, 4.69) is 5.43 Å². The van der Waals surface area contributed by atoms with E-state index in [0.29, 0.717) is 22.1 Å². The second-order valence-corrected chi connectivity index (χ2v) is 7.42. The summed E-state index contributed by atoms with van der Waals surface area (Å²) < 4.78 is 15.3. The van der Waals surface area contributed by atoms with E-state index in [1.807, 2.05) is 0 Å². The van der Waals surface area contributed by atoms with Crippen LogP contribution in [0, 0.1) is 5.92 Å². The van der Waals surface area contributed by atoms with Crippen LogP contribution in [0.5, 0.6) is 11.5 Å². The van der Waals surface area contributed by atoms with Crippen LogP contribution in [0.15, 0.2) is 42.5 Å². The lowest BCUT2D eigenvalue weighted by Crippen LogP contribution is -2.43. The molecule has 168 valence electrons. The van der Waals surface area contributed by atoms with E-state index in [0.717, 1.165) is 5.01 Å². The first-order valence-electron chi connectivity index (χ1n) is 9.60. The summed E-state index contributed by atoms with van der Waals surface area (Å²) >= 11 is 5.79. The first-order chi connectivity index (χ1) is 15.3. The molecule has 1 N–H and O–H groups in total. The Balaban J connectivity index is 1.56. The van der Waals surface area contributed by atoms with Gasteiger partial charge in [0.25, 0.3) is 5.91 Å². The maximum atomic E-state index is 12.6. The summed E-state index contributed by atoms with van der Waals surface area (Å²) in [7, 11) is 2.91. The molecule has 1 heterocycles. The fourth-order valence-electron chi connectivity index (χ4n) is 3.07. The van der Waals surface area contributed by atoms with Gasteiger partial charge >= 0.3 is 5.97 Å². The Morgan fingerprint density at radius 1 is 1.03 bits per heavy atom. The third kappa shape index (κ3) is 5.55. The minimum Gasteiger partial charge on any atom is -0.497 e. The molecule has 1 aliphatic heterocycles. The van der Waals surface area contributed by atoms with Crippen molar-refractivity contribution >= 4 is 35.2 Å². The summed E-state index contributed by atoms with van der Waals surface area (Å²) in [6, 6.07) is 10.8. The second-order valence-electron chi connectivity index (χ2n) is 6.99. The molecule has 2 aromatic rings. The van der Waals surface area contributed by atoms with Gasteiger partial charge in [-0.05, 0) is 36.4 Å². The van der Waals surface area contributed by atoms with Crippen molar-refractivity contribution in [2.75, 3.05) is 27.4 Å². The van der Waals surface area contributed by atoms with Crippen LogP contribution in [-0.2, 0) is 14.3 Å². The first-order valence-corrected chi connectivity index (χ1v) is 9.98. The van der Waals surface area contributed by atoms with Crippen LogP contribution in [0.2, 0.25) is 5.02 Å². The molecule has 0 unspecified atom stereocenters. The molecule has 3 rings (SSSR count). The fraction of sp³-hybridized carbons (Fsp3) is 0.273. The van der Waals surface area contributed by atoms with Gasteiger partial charge in [-0.1, -0.05) is 11.6 Å². The topological polar surface area (TPSA) is 111 Å². The standard InChI is InChI=1S/C22H21ClN2O7/c1-30-17-7-14(8-18(10-17)31-2)21(28)24-25-11-15(9-20(25)27)22(29)32-12-19(26)13-3-5-16(23)6-4-13/h3-8,10,15H,9,11-12H2,1-2H3,(H,24,28)/t15-/m1/s1. The third-order valence-electron chi connectivity index (χ3n) is 4.82. The van der Waals surface area contributed by atoms with E-state index >= 15 is 0 Å². The summed E-state index contributed by atoms with van der Waals surface area (Å²) in [5.74, 6) is -2.08. The van der Waals surface area contributed by atoms with E-state index in [1.165, 1.54) is 38.5 Å². The Morgan fingerprint density at radius 2 is 1.66 bits per heavy atom. The summed E-state index contributed by atoms with van der Waals surface area (Å²) in [6.07, 6.45) is -0.143. The molecule has 0 saturated carbocycles. The highest BCUT2D eigenvalue weighted by molar-refractivity contribution is 6.30. The molecule has 9 nitrogen and oxygen atoms in total. The number of ether oxygens (including phenoxy) is 3. The molecule has 2 amide bonds. The summed E-state index contributed by atoms with van der Waals surface area (Å²) in [4.78, 5) is 49.3. The lowest BCUT2D eigenvalue weighted by atomic mass is 10.1. The molecule has 1 saturated heterocycles. The number of Topliss-reactive ketones (excluding diaryl/α,β-unsaturated/α-hetero) is 1. The zero-order valence-corrected chi connectivity index (χ0v) is 18.2. The molecule has 2 aromatic carbocycles. The second kappa shape index (κ2) is 10.1. The average molecular weight is 461 g/mol. The third-order valence-corrected chi connectivity index (χ3v) is 5.07. The number of hydrogen-bond acceptors (Lipinski definition) is 7. The van der Waals surface area contributed by atoms with Gasteiger partial charge in [-0.25, -0.2) is 0 Å². The Hall–Kier alpha value is -3.59. The van der Waals surface area contributed by atoms with Crippen molar-refractivity contribution < 1.29 is 33.4 Å². The number of carbonyl (C=O) groups excluding carboxylic acids is 4. The van der Waals surface area contributed by atoms with Gasteiger partial charge in [0.15, 0.2) is 12.4 Å². The molecule has 0 bridgehead atoms. The minimum absolute atomic E-state index is 0.0698. The van der Waals surface area contributed by atoms with Crippen molar-refractivity contribution in [1.29, 1.82) is 0 Å². The lowest BCUT2D eigenvalue weighted by Gasteiger charge is -2.18. The van der Waals surface area contributed by atoms with E-state index < -0.39 is 36.1 Å². The highest BCUT2D eigenvalue weighted by Crippen LogP contribution is 2.23. The lowest BCUT2D eigenvalue weighted by molar-refractivity contribution is -0.147. The van der Waals surface area contributed by atoms with Gasteiger partial charge in [0.2, 0.25) is 5.91 Å². The number of esters is 1. The summed E-state index contributed by atoms with van der Waals surface area (Å²) in [5, 5.41) is 1.54. The summed E-state index contributed by atoms with van der Waals surface area (Å²) in [6.45, 7) is -0.527. The highest BCUT2D eigenvalue weighted by atomic mass is 35.5. The Labute approximate surface area is 189 Å². The zero-order valence-electron chi connectivity index (χ0n) is 17.4. The molecule has 0 spiro atoms. The number of halogens is 1. The predicted octanol–water partition coefficient (Wildman–Crippen LogP) is 2.28. The molecule has 10 heteroatoms. The van der Waals surface area contributed by atoms with Crippen LogP contribution in [0.25, 0.3) is 0 Å². The number of hydrazine groups is 1. The quantitative estimate of drug-likeness (QED) is 0.475. The molecule has 0 radical (unpaired) electrons. The van der Waals surface area contributed by atoms with Gasteiger partial charge in [0.05, 0.1) is 26.7 Å². The normalized spacial score (nSPS) is 15.3. The fourth-order valence-corrected chi connectivity index (χ4v) is 3.20. The number of methoxy groups -OCH3 is 2. The maximum Gasteiger partial charge on any atom is 0.311 e. The van der Waals surface area contributed by atoms with Crippen molar-refractivity contribution in [2.45, 2.75) is 6.42 Å². The molecule has 0 aliphatic carbocycles. The van der Waals surface area contributed by atoms with Crippen LogP contribution >= 0.6 is 11.6 Å². The smallest absolute Gasteiger partial charge is 0.311 e. The number of carbonyl (C=O) groups is 4. The molecule has 1 atom stereocenters. The van der Waals surface area contributed by atoms with Gasteiger partial charge < -0.3 is 14.2 Å². The number of nitrogens with zero attached hydrogens (tertiary/aromatic N) is 1. The SMILES string of the molecule is COc1cc(OC)cc(C(=O)NN2C[C@H](C(=O)OCC(=O)c3ccc(Cl)cc3)CC2=O)c1. The molecule has 1 aliphatic rings. The van der Waals surface area contributed by atoms with Gasteiger partial charge in [-0.15, -0.1) is 0 Å². The zero-order chi connectivity index (χ0) is 23.3. The highest BCUT2D eigenvalue weighted by Gasteiger charge is 2.36. The van der Waals surface area contributed by atoms with E-state index in [1.54, 1.807) is 18.2 Å². The van der Waals surface area contributed by atoms with Crippen molar-refractivity contribution in [1.82, 2.24) is 10.4 Å². The number of nitrogens with one attached hydrogen (secondary N) is 1. The minimum atomic E-state index is -0.805. The maximum absolute atomic E-state index is 12.6. The van der Waals surface area contributed by atoms with Gasteiger partial charge in [0, 0.05) is 28.6 Å². The largest absolute Gasteiger partial charge is 0.497 e. The van der Waals surface area contributed by atoms with E-state index in [4.69, 9.17) is 25.8 Å². The molecule has 32 heavy (non-hydrogen) atoms. The number of ketones is 1. The van der Waals surface area contributed by atoms with Gasteiger partial charge in [-0.3, -0.25) is 29.6 Å². The van der Waals surface area contributed by atoms with Gasteiger partial charge in [0.1, 0.15) is 11.5 Å². The number of rotatable bonds is 8. The number of hydrogen-bond donors (Lipinski definition) is 1. The van der Waals surface area contributed by atoms with Crippen molar-refractivity contribution in [3.8, 4) is 11.5 Å². The van der Waals surface area contributed by atoms with Crippen molar-refractivity contribution in [2.24, 2.45) is 5.92 Å². The average Bonchev–Trinajstić information content (AvgIpc) is 3.17. The molecule has 1 fully saturated rings. The van der Waals surface area contributed by atoms with E-state index in [-0.39, 0.29) is 18.5 Å². The van der Waals surface area contributed by atoms with Crippen LogP contribution in [-0.4, -0.2) is 55.9 Å². The van der Waals surface area contributed by atoms with E-state index in [9.17, 15) is 19.2 Å². The van der Waals surface area contributed by atoms with Crippen molar-refractivity contribution in [3.63, 3.8) is 0 Å². The van der Waals surface area contributed by atoms with Crippen LogP contribution in [0.4, 0.5) is 0 Å². The Bertz CT molecular complexity index is 1020. The van der Waals surface area contributed by atoms with Crippen molar-refractivity contribution in [3.05, 3.63) is 58.6 Å². The number of benzene rings is 2. The Morgan fingerprint density at radius 3 is 2.25 bits per heavy atom. The summed E-state index contributed by atoms with van der Waals surface area (Å²) in [5.41, 5.74) is 3.05. The van der Waals surface area contributed by atoms with Crippen LogP contribution in [0.1, 0.15) is 27.1 Å². The number of amides is 2. The van der Waals surface area contributed by atoms with Crippen LogP contribution < -0.4 is 14.9 Å². The van der Waals surface area contributed by atoms with Gasteiger partial charge in [-0.2, -0.15) is 0 Å². The Kier molecular flexibility index (Phi) is 7.32. The monoisotopic (exact) mass is 460 g/mol.